The Balaban J connectivity index is 1.56. The molecule has 0 bridgehead atoms. The van der Waals surface area contributed by atoms with Crippen molar-refractivity contribution in [3.63, 3.8) is 0 Å². The summed E-state index contributed by atoms with van der Waals surface area (Å²) in [5, 5.41) is 14.5. The van der Waals surface area contributed by atoms with Gasteiger partial charge in [0.15, 0.2) is 5.78 Å². The number of aliphatic hydroxyl groups is 1. The number of hydrogen-bond donors (Lipinski definition) is 1. The largest absolute Gasteiger partial charge is 0.491 e. The van der Waals surface area contributed by atoms with Crippen LogP contribution in [0.1, 0.15) is 70.2 Å². The number of ketones is 1. The lowest BCUT2D eigenvalue weighted by molar-refractivity contribution is -0.0271. The average Bonchev–Trinajstić information content (AvgIpc) is 3.13. The van der Waals surface area contributed by atoms with Crippen molar-refractivity contribution in [1.29, 1.82) is 0 Å². The van der Waals surface area contributed by atoms with Gasteiger partial charge in [-0.05, 0) is 25.0 Å². The molecule has 1 N–H and O–H groups in total. The van der Waals surface area contributed by atoms with Crippen molar-refractivity contribution in [2.75, 3.05) is 26.2 Å². The third-order valence-corrected chi connectivity index (χ3v) is 6.37. The second-order valence-electron chi connectivity index (χ2n) is 9.43. The molecule has 0 amide bonds. The summed E-state index contributed by atoms with van der Waals surface area (Å²) in [7, 11) is 0. The van der Waals surface area contributed by atoms with Crippen molar-refractivity contribution in [1.82, 2.24) is 14.5 Å². The highest BCUT2D eigenvalue weighted by Gasteiger charge is 2.34. The number of fused-ring (bicyclic) bond motifs is 1. The molecule has 1 aliphatic rings. The van der Waals surface area contributed by atoms with Crippen molar-refractivity contribution in [3.05, 3.63) is 30.1 Å². The first kappa shape index (κ1) is 22.8. The predicted octanol–water partition coefficient (Wildman–Crippen LogP) is 4.21. The minimum Gasteiger partial charge on any atom is -0.491 e. The van der Waals surface area contributed by atoms with Crippen LogP contribution in [0.4, 0.5) is 0 Å². The third-order valence-electron chi connectivity index (χ3n) is 6.37. The van der Waals surface area contributed by atoms with E-state index in [9.17, 15) is 9.90 Å². The molecule has 3 rings (SSSR count). The van der Waals surface area contributed by atoms with E-state index in [1.807, 2.05) is 25.3 Å². The van der Waals surface area contributed by atoms with Gasteiger partial charge in [-0.25, -0.2) is 4.52 Å². The maximum absolute atomic E-state index is 12.8. The molecule has 6 heteroatoms. The number of piperidine rings is 1. The zero-order valence-corrected chi connectivity index (χ0v) is 18.9. The minimum absolute atomic E-state index is 0.0211. The van der Waals surface area contributed by atoms with Crippen molar-refractivity contribution in [2.45, 2.75) is 65.9 Å². The Hall–Kier alpha value is -1.92. The molecule has 6 nitrogen and oxygen atoms in total. The number of Topliss-reactive ketones (excluding diaryl/α,β-unsaturated/α-hetero) is 1. The number of nitrogens with zero attached hydrogens (tertiary/aromatic N) is 3. The fourth-order valence-corrected chi connectivity index (χ4v) is 4.28. The van der Waals surface area contributed by atoms with Crippen LogP contribution < -0.4 is 4.74 Å². The molecule has 1 fully saturated rings. The summed E-state index contributed by atoms with van der Waals surface area (Å²) in [5.74, 6) is 0.939. The molecule has 0 radical (unpaired) electrons. The van der Waals surface area contributed by atoms with Gasteiger partial charge in [-0.3, -0.25) is 9.69 Å². The molecule has 3 heterocycles. The van der Waals surface area contributed by atoms with Gasteiger partial charge in [0.25, 0.3) is 0 Å². The molecule has 2 aromatic rings. The molecule has 1 saturated heterocycles. The van der Waals surface area contributed by atoms with Gasteiger partial charge in [-0.15, -0.1) is 0 Å². The summed E-state index contributed by atoms with van der Waals surface area (Å²) in [6.07, 6.45) is 8.45. The number of ether oxygens (including phenoxy) is 1. The Bertz CT molecular complexity index is 845. The van der Waals surface area contributed by atoms with Crippen LogP contribution >= 0.6 is 0 Å². The van der Waals surface area contributed by atoms with Gasteiger partial charge in [0, 0.05) is 31.0 Å². The SMILES string of the molecule is CCCCCC(C)C(=O)c1cnn2cc(OCCN3CCC(O)C(C)(C)C3)ccc12. The van der Waals surface area contributed by atoms with E-state index in [-0.39, 0.29) is 23.2 Å². The summed E-state index contributed by atoms with van der Waals surface area (Å²) >= 11 is 0. The molecule has 166 valence electrons. The fourth-order valence-electron chi connectivity index (χ4n) is 4.28. The first-order chi connectivity index (χ1) is 14.3. The molecule has 0 spiro atoms. The number of rotatable bonds is 10. The van der Waals surface area contributed by atoms with Crippen molar-refractivity contribution in [3.8, 4) is 5.75 Å². The van der Waals surface area contributed by atoms with Crippen molar-refractivity contribution in [2.24, 2.45) is 11.3 Å². The van der Waals surface area contributed by atoms with E-state index in [1.54, 1.807) is 10.7 Å². The third kappa shape index (κ3) is 5.41. The van der Waals surface area contributed by atoms with Crippen LogP contribution in [0.3, 0.4) is 0 Å². The van der Waals surface area contributed by atoms with Gasteiger partial charge in [0.05, 0.1) is 29.6 Å². The van der Waals surface area contributed by atoms with Gasteiger partial charge in [-0.1, -0.05) is 47.0 Å². The molecule has 0 aliphatic carbocycles. The topological polar surface area (TPSA) is 67.1 Å². The number of carbonyl (C=O) groups excluding carboxylic acids is 1. The zero-order chi connectivity index (χ0) is 21.7. The summed E-state index contributed by atoms with van der Waals surface area (Å²) in [6, 6.07) is 3.84. The van der Waals surface area contributed by atoms with Crippen LogP contribution in [0.5, 0.6) is 5.75 Å². The lowest BCUT2D eigenvalue weighted by Crippen LogP contribution is -2.49. The lowest BCUT2D eigenvalue weighted by atomic mass is 9.81. The normalized spacial score (nSPS) is 20.4. The van der Waals surface area contributed by atoms with E-state index in [0.717, 1.165) is 56.6 Å². The number of hydrogen-bond acceptors (Lipinski definition) is 5. The van der Waals surface area contributed by atoms with Crippen LogP contribution in [0.25, 0.3) is 5.52 Å². The number of unbranched alkanes of at least 4 members (excludes halogenated alkanes) is 2. The quantitative estimate of drug-likeness (QED) is 0.465. The van der Waals surface area contributed by atoms with Crippen molar-refractivity contribution < 1.29 is 14.6 Å². The van der Waals surface area contributed by atoms with Crippen LogP contribution in [0.15, 0.2) is 24.5 Å². The first-order valence-electron chi connectivity index (χ1n) is 11.4. The van der Waals surface area contributed by atoms with Crippen LogP contribution in [0, 0.1) is 11.3 Å². The summed E-state index contributed by atoms with van der Waals surface area (Å²) in [4.78, 5) is 15.2. The fraction of sp³-hybridized carbons (Fsp3) is 0.667. The number of carbonyl (C=O) groups is 1. The van der Waals surface area contributed by atoms with Crippen LogP contribution in [0.2, 0.25) is 0 Å². The Labute approximate surface area is 180 Å². The predicted molar refractivity (Wildman–Crippen MR) is 119 cm³/mol. The number of aliphatic hydroxyl groups excluding tert-OH is 1. The Morgan fingerprint density at radius 3 is 2.90 bits per heavy atom. The van der Waals surface area contributed by atoms with Gasteiger partial charge >= 0.3 is 0 Å². The smallest absolute Gasteiger partial charge is 0.169 e. The second-order valence-corrected chi connectivity index (χ2v) is 9.43. The monoisotopic (exact) mass is 415 g/mol. The van der Waals surface area contributed by atoms with Gasteiger partial charge < -0.3 is 9.84 Å². The maximum atomic E-state index is 12.8. The highest BCUT2D eigenvalue weighted by Crippen LogP contribution is 2.29. The van der Waals surface area contributed by atoms with Crippen LogP contribution in [-0.4, -0.2) is 57.7 Å². The summed E-state index contributed by atoms with van der Waals surface area (Å²) in [5.41, 5.74) is 1.45. The zero-order valence-electron chi connectivity index (χ0n) is 18.9. The Morgan fingerprint density at radius 1 is 1.37 bits per heavy atom. The van der Waals surface area contributed by atoms with Crippen molar-refractivity contribution >= 4 is 11.3 Å². The molecule has 2 atom stereocenters. The highest BCUT2D eigenvalue weighted by molar-refractivity contribution is 6.03. The first-order valence-corrected chi connectivity index (χ1v) is 11.4. The molecule has 2 unspecified atom stereocenters. The number of aromatic nitrogens is 2. The summed E-state index contributed by atoms with van der Waals surface area (Å²) in [6.45, 7) is 11.6. The van der Waals surface area contributed by atoms with E-state index in [2.05, 4.69) is 30.8 Å². The molecular weight excluding hydrogens is 378 g/mol. The average molecular weight is 416 g/mol. The second kappa shape index (κ2) is 9.92. The number of likely N-dealkylation sites (tertiary alicyclic amines) is 1. The van der Waals surface area contributed by atoms with Gasteiger partial charge in [0.1, 0.15) is 12.4 Å². The highest BCUT2D eigenvalue weighted by atomic mass is 16.5. The molecule has 2 aromatic heterocycles. The maximum Gasteiger partial charge on any atom is 0.169 e. The lowest BCUT2D eigenvalue weighted by Gasteiger charge is -2.41. The van der Waals surface area contributed by atoms with E-state index < -0.39 is 0 Å². The van der Waals surface area contributed by atoms with Gasteiger partial charge in [-0.2, -0.15) is 5.10 Å². The van der Waals surface area contributed by atoms with Crippen LogP contribution in [-0.2, 0) is 0 Å². The molecule has 30 heavy (non-hydrogen) atoms. The summed E-state index contributed by atoms with van der Waals surface area (Å²) < 4.78 is 7.68. The Morgan fingerprint density at radius 2 is 2.17 bits per heavy atom. The standard InChI is InChI=1S/C24H37N3O3/c1-5-6-7-8-18(2)23(29)20-15-25-27-16-19(9-10-21(20)27)30-14-13-26-12-11-22(28)24(3,4)17-26/h9-10,15-16,18,22,28H,5-8,11-14,17H2,1-4H3. The van der Waals surface area contributed by atoms with E-state index in [0.29, 0.717) is 12.2 Å². The number of pyridine rings is 1. The van der Waals surface area contributed by atoms with E-state index >= 15 is 0 Å². The molecule has 0 aromatic carbocycles. The Kier molecular flexibility index (Phi) is 7.53. The van der Waals surface area contributed by atoms with E-state index in [4.69, 9.17) is 4.74 Å². The minimum atomic E-state index is -0.233. The molecule has 1 aliphatic heterocycles. The van der Waals surface area contributed by atoms with E-state index in [1.165, 1.54) is 6.42 Å². The molecular formula is C24H37N3O3. The van der Waals surface area contributed by atoms with Gasteiger partial charge in [0.2, 0.25) is 0 Å². The molecule has 0 saturated carbocycles.